The van der Waals surface area contributed by atoms with Gasteiger partial charge in [-0.25, -0.2) is 9.78 Å². The maximum absolute atomic E-state index is 12.9. The van der Waals surface area contributed by atoms with Gasteiger partial charge < -0.3 is 40.7 Å². The monoisotopic (exact) mass is 779 g/mol. The third-order valence-electron chi connectivity index (χ3n) is 10.7. The molecule has 6 aromatic rings. The Hall–Kier alpha value is -5.77. The van der Waals surface area contributed by atoms with Gasteiger partial charge in [-0.2, -0.15) is 25.0 Å². The molecule has 3 aromatic heterocycles. The summed E-state index contributed by atoms with van der Waals surface area (Å²) < 4.78 is 1.83. The zero-order valence-corrected chi connectivity index (χ0v) is 31.7. The number of aromatic hydroxyl groups is 1. The van der Waals surface area contributed by atoms with Gasteiger partial charge in [0.2, 0.25) is 5.95 Å². The second-order valence-corrected chi connectivity index (χ2v) is 14.2. The Morgan fingerprint density at radius 3 is 2.38 bits per heavy atom. The van der Waals surface area contributed by atoms with Crippen LogP contribution in [-0.4, -0.2) is 93.7 Å². The summed E-state index contributed by atoms with van der Waals surface area (Å²) in [6.07, 6.45) is 2.88. The SMILES string of the molecule is CCc1cnn([C@H]2C[C@@H](n3cnc4c(NCC(c5ccccc5)c5ccccc5)nc(N5CC[C@@H](NC(=O)NCc6cccc(O)c6)C5)nc43)[C@H](O)[C@@H]2O)n1.Cl. The molecule has 0 unspecified atom stereocenters. The highest BCUT2D eigenvalue weighted by molar-refractivity contribution is 5.85. The van der Waals surface area contributed by atoms with Gasteiger partial charge in [0.25, 0.3) is 0 Å². The van der Waals surface area contributed by atoms with Crippen molar-refractivity contribution >= 4 is 41.4 Å². The highest BCUT2D eigenvalue weighted by Gasteiger charge is 2.45. The number of halogens is 1. The highest BCUT2D eigenvalue weighted by Crippen LogP contribution is 2.40. The number of nitrogens with one attached hydrogen (secondary N) is 3. The number of phenolic OH excluding ortho intramolecular Hbond substituents is 1. The van der Waals surface area contributed by atoms with E-state index >= 15 is 0 Å². The Bertz CT molecular complexity index is 2200. The van der Waals surface area contributed by atoms with Crippen LogP contribution in [0.4, 0.5) is 16.6 Å². The maximum Gasteiger partial charge on any atom is 0.315 e. The Labute approximate surface area is 330 Å². The average Bonchev–Trinajstić information content (AvgIpc) is 4.02. The molecule has 0 spiro atoms. The Kier molecular flexibility index (Phi) is 11.6. The van der Waals surface area contributed by atoms with Crippen molar-refractivity contribution in [1.82, 2.24) is 45.1 Å². The van der Waals surface area contributed by atoms with Crippen LogP contribution in [-0.2, 0) is 13.0 Å². The number of urea groups is 1. The second kappa shape index (κ2) is 16.9. The molecule has 0 bridgehead atoms. The lowest BCUT2D eigenvalue weighted by molar-refractivity contribution is 0.00497. The Balaban J connectivity index is 0.00000480. The van der Waals surface area contributed by atoms with Gasteiger partial charge in [0, 0.05) is 38.1 Å². The minimum atomic E-state index is -1.12. The molecule has 2 amide bonds. The molecule has 1 aliphatic carbocycles. The van der Waals surface area contributed by atoms with Crippen molar-refractivity contribution in [2.45, 2.75) is 69.0 Å². The van der Waals surface area contributed by atoms with Crippen molar-refractivity contribution in [3.8, 4) is 5.75 Å². The number of aryl methyl sites for hydroxylation is 1. The predicted molar refractivity (Wildman–Crippen MR) is 214 cm³/mol. The van der Waals surface area contributed by atoms with Gasteiger partial charge in [-0.05, 0) is 48.1 Å². The topological polar surface area (TPSA) is 191 Å². The van der Waals surface area contributed by atoms with E-state index in [1.165, 1.54) is 4.80 Å². The molecule has 2 fully saturated rings. The fourth-order valence-electron chi connectivity index (χ4n) is 7.68. The lowest BCUT2D eigenvalue weighted by atomic mass is 9.91. The van der Waals surface area contributed by atoms with Gasteiger partial charge in [0.15, 0.2) is 17.0 Å². The van der Waals surface area contributed by atoms with Gasteiger partial charge in [0.05, 0.1) is 24.3 Å². The number of aliphatic hydroxyl groups is 2. The molecule has 1 saturated carbocycles. The van der Waals surface area contributed by atoms with Crippen LogP contribution in [0, 0.1) is 0 Å². The van der Waals surface area contributed by atoms with Crippen LogP contribution in [0.15, 0.2) is 97.5 Å². The van der Waals surface area contributed by atoms with Crippen LogP contribution in [0.3, 0.4) is 0 Å². The summed E-state index contributed by atoms with van der Waals surface area (Å²) in [5.74, 6) is 1.16. The van der Waals surface area contributed by atoms with Gasteiger partial charge in [-0.3, -0.25) is 0 Å². The fourth-order valence-corrected chi connectivity index (χ4v) is 7.68. The van der Waals surface area contributed by atoms with Crippen molar-refractivity contribution < 1.29 is 20.1 Å². The largest absolute Gasteiger partial charge is 0.508 e. The van der Waals surface area contributed by atoms with E-state index in [4.69, 9.17) is 15.0 Å². The Morgan fingerprint density at radius 1 is 0.946 bits per heavy atom. The molecule has 8 rings (SSSR count). The van der Waals surface area contributed by atoms with Crippen molar-refractivity contribution in [3.05, 3.63) is 120 Å². The van der Waals surface area contributed by atoms with Crippen LogP contribution in [0.25, 0.3) is 11.2 Å². The molecule has 1 aliphatic heterocycles. The number of rotatable bonds is 12. The van der Waals surface area contributed by atoms with E-state index in [9.17, 15) is 20.1 Å². The third-order valence-corrected chi connectivity index (χ3v) is 10.7. The van der Waals surface area contributed by atoms with E-state index in [-0.39, 0.29) is 42.7 Å². The normalized spacial score (nSPS) is 20.6. The lowest BCUT2D eigenvalue weighted by Crippen LogP contribution is -2.43. The minimum absolute atomic E-state index is 0. The van der Waals surface area contributed by atoms with Crippen LogP contribution in [0.1, 0.15) is 60.2 Å². The van der Waals surface area contributed by atoms with Gasteiger partial charge in [-0.1, -0.05) is 79.7 Å². The molecule has 15 nitrogen and oxygen atoms in total. The third kappa shape index (κ3) is 8.10. The van der Waals surface area contributed by atoms with Crippen molar-refractivity contribution in [2.75, 3.05) is 29.9 Å². The predicted octanol–water partition coefficient (Wildman–Crippen LogP) is 4.34. The molecular weight excluding hydrogens is 734 g/mol. The molecule has 16 heteroatoms. The molecule has 56 heavy (non-hydrogen) atoms. The molecule has 5 atom stereocenters. The fraction of sp³-hybridized carbons (Fsp3) is 0.350. The number of hydrogen-bond donors (Lipinski definition) is 6. The quantitative estimate of drug-likeness (QED) is 0.104. The lowest BCUT2D eigenvalue weighted by Gasteiger charge is -2.22. The van der Waals surface area contributed by atoms with E-state index in [2.05, 4.69) is 50.4 Å². The number of carbonyl (C=O) groups excluding carboxylic acids is 1. The van der Waals surface area contributed by atoms with Crippen LogP contribution in [0.5, 0.6) is 5.75 Å². The molecule has 1 saturated heterocycles. The first-order chi connectivity index (χ1) is 26.8. The first-order valence-electron chi connectivity index (χ1n) is 18.8. The van der Waals surface area contributed by atoms with E-state index in [0.29, 0.717) is 61.8 Å². The van der Waals surface area contributed by atoms with E-state index in [0.717, 1.165) is 22.4 Å². The number of nitrogens with zero attached hydrogens (tertiary/aromatic N) is 8. The minimum Gasteiger partial charge on any atom is -0.508 e. The summed E-state index contributed by atoms with van der Waals surface area (Å²) in [4.78, 5) is 31.2. The van der Waals surface area contributed by atoms with Crippen LogP contribution >= 0.6 is 12.4 Å². The van der Waals surface area contributed by atoms with Gasteiger partial charge in [-0.15, -0.1) is 12.4 Å². The molecule has 2 aliphatic rings. The summed E-state index contributed by atoms with van der Waals surface area (Å²) in [5.41, 5.74) is 4.97. The molecule has 4 heterocycles. The number of aliphatic hydroxyl groups excluding tert-OH is 2. The number of aromatic nitrogens is 7. The highest BCUT2D eigenvalue weighted by atomic mass is 35.5. The van der Waals surface area contributed by atoms with E-state index in [1.54, 1.807) is 30.7 Å². The standard InChI is InChI=1S/C40H45N11O4.ClH/c1-2-28-21-44-51(48-28)33-19-32(35(53)36(33)54)50-24-43-34-37(41-22-31(26-11-5-3-6-12-26)27-13-7-4-8-14-27)46-39(47-38(34)50)49-17-16-29(23-49)45-40(55)42-20-25-10-9-15-30(52)18-25;/h3-15,18,21,24,29,31-33,35-36,52-54H,2,16-17,19-20,22-23H2,1H3,(H,41,46,47)(H2,42,45,55);1H/t29-,32-,33+,35+,36-;/m1./s1. The van der Waals surface area contributed by atoms with E-state index < -0.39 is 24.3 Å². The molecule has 6 N–H and O–H groups in total. The number of anilines is 2. The molecular formula is C40H46ClN11O4. The summed E-state index contributed by atoms with van der Waals surface area (Å²) in [6.45, 7) is 3.87. The van der Waals surface area contributed by atoms with Gasteiger partial charge in [0.1, 0.15) is 24.0 Å². The van der Waals surface area contributed by atoms with Gasteiger partial charge >= 0.3 is 6.03 Å². The number of benzene rings is 3. The summed E-state index contributed by atoms with van der Waals surface area (Å²) in [7, 11) is 0. The summed E-state index contributed by atoms with van der Waals surface area (Å²) >= 11 is 0. The summed E-state index contributed by atoms with van der Waals surface area (Å²) in [6, 6.07) is 25.9. The zero-order valence-electron chi connectivity index (χ0n) is 30.9. The van der Waals surface area contributed by atoms with E-state index in [1.807, 2.05) is 58.9 Å². The average molecular weight is 780 g/mol. The smallest absolute Gasteiger partial charge is 0.315 e. The Morgan fingerprint density at radius 2 is 1.68 bits per heavy atom. The number of imidazole rings is 1. The zero-order chi connectivity index (χ0) is 37.9. The first-order valence-corrected chi connectivity index (χ1v) is 18.8. The molecule has 292 valence electrons. The first kappa shape index (κ1) is 38.5. The second-order valence-electron chi connectivity index (χ2n) is 14.2. The maximum atomic E-state index is 12.9. The van der Waals surface area contributed by atoms with Crippen LogP contribution < -0.4 is 20.9 Å². The number of fused-ring (bicyclic) bond motifs is 1. The number of phenols is 1. The number of amides is 2. The van der Waals surface area contributed by atoms with Crippen LogP contribution in [0.2, 0.25) is 0 Å². The number of hydrogen-bond acceptors (Lipinski definition) is 11. The van der Waals surface area contributed by atoms with Crippen molar-refractivity contribution in [1.29, 1.82) is 0 Å². The van der Waals surface area contributed by atoms with Crippen molar-refractivity contribution in [2.24, 2.45) is 0 Å². The molecule has 3 aromatic carbocycles. The summed E-state index contributed by atoms with van der Waals surface area (Å²) in [5, 5.41) is 50.8. The van der Waals surface area contributed by atoms with Crippen molar-refractivity contribution in [3.63, 3.8) is 0 Å². The number of carbonyl (C=O) groups is 1. The molecule has 0 radical (unpaired) electrons.